The van der Waals surface area contributed by atoms with Crippen LogP contribution in [0.2, 0.25) is 5.15 Å². The van der Waals surface area contributed by atoms with E-state index < -0.39 is 0 Å². The molecule has 0 saturated carbocycles. The first-order valence-corrected chi connectivity index (χ1v) is 6.87. The molecule has 0 aliphatic heterocycles. The zero-order valence-electron chi connectivity index (χ0n) is 12.4. The van der Waals surface area contributed by atoms with Gasteiger partial charge >= 0.3 is 0 Å². The van der Waals surface area contributed by atoms with Crippen molar-refractivity contribution in [2.24, 2.45) is 0 Å². The van der Waals surface area contributed by atoms with E-state index in [0.717, 1.165) is 5.56 Å². The highest BCUT2D eigenvalue weighted by molar-refractivity contribution is 6.30. The second-order valence-corrected chi connectivity index (χ2v) is 4.79. The van der Waals surface area contributed by atoms with Crippen LogP contribution in [0.5, 0.6) is 0 Å². The maximum atomic E-state index is 11.8. The second-order valence-electron chi connectivity index (χ2n) is 4.43. The number of nitrogens with zero attached hydrogens (tertiary/aromatic N) is 3. The Bertz CT molecular complexity index is 468. The van der Waals surface area contributed by atoms with Gasteiger partial charge in [-0.3, -0.25) is 4.79 Å². The Balaban J connectivity index is 2.74. The topological polar surface area (TPSA) is 67.4 Å². The zero-order valence-corrected chi connectivity index (χ0v) is 13.1. The van der Waals surface area contributed by atoms with Crippen LogP contribution in [0, 0.1) is 6.92 Å². The van der Waals surface area contributed by atoms with Gasteiger partial charge in [-0.1, -0.05) is 18.5 Å². The minimum Gasteiger partial charge on any atom is -0.383 e. The van der Waals surface area contributed by atoms with Crippen LogP contribution in [0.4, 0.5) is 5.82 Å². The molecule has 0 fully saturated rings. The smallest absolute Gasteiger partial charge is 0.239 e. The van der Waals surface area contributed by atoms with Crippen molar-refractivity contribution >= 4 is 23.3 Å². The maximum absolute atomic E-state index is 11.8. The molecule has 0 spiro atoms. The van der Waals surface area contributed by atoms with E-state index in [4.69, 9.17) is 16.3 Å². The van der Waals surface area contributed by atoms with E-state index in [1.165, 1.54) is 0 Å². The molecule has 0 aliphatic rings. The number of anilines is 1. The molecule has 0 atom stereocenters. The summed E-state index contributed by atoms with van der Waals surface area (Å²) in [6.07, 6.45) is 0.695. The molecule has 20 heavy (non-hydrogen) atoms. The van der Waals surface area contributed by atoms with Gasteiger partial charge in [0.15, 0.2) is 0 Å². The summed E-state index contributed by atoms with van der Waals surface area (Å²) in [5, 5.41) is 3.19. The van der Waals surface area contributed by atoms with Gasteiger partial charge in [-0.25, -0.2) is 9.97 Å². The first-order chi connectivity index (χ1) is 9.49. The molecule has 1 heterocycles. The fraction of sp³-hybridized carbons (Fsp3) is 0.615. The quantitative estimate of drug-likeness (QED) is 0.605. The molecule has 0 unspecified atom stereocenters. The zero-order chi connectivity index (χ0) is 15.1. The lowest BCUT2D eigenvalue weighted by molar-refractivity contribution is -0.119. The van der Waals surface area contributed by atoms with Crippen molar-refractivity contribution in [2.75, 3.05) is 38.8 Å². The molecule has 1 rings (SSSR count). The number of hydrogen-bond acceptors (Lipinski definition) is 5. The molecule has 1 aromatic heterocycles. The van der Waals surface area contributed by atoms with E-state index in [2.05, 4.69) is 15.3 Å². The molecule has 0 aliphatic carbocycles. The number of rotatable bonds is 7. The molecule has 0 aromatic carbocycles. The third-order valence-electron chi connectivity index (χ3n) is 2.79. The van der Waals surface area contributed by atoms with Gasteiger partial charge < -0.3 is 15.0 Å². The van der Waals surface area contributed by atoms with Crippen molar-refractivity contribution in [2.45, 2.75) is 20.3 Å². The maximum Gasteiger partial charge on any atom is 0.239 e. The Labute approximate surface area is 124 Å². The summed E-state index contributed by atoms with van der Waals surface area (Å²) in [5.41, 5.74) is 0.774. The summed E-state index contributed by atoms with van der Waals surface area (Å²) in [5.74, 6) is 1.27. The SMILES string of the molecule is CCc1nc(Cl)c(C)c(N(C)CC(=O)NCCOC)n1. The summed E-state index contributed by atoms with van der Waals surface area (Å²) in [6, 6.07) is 0. The molecule has 1 aromatic rings. The number of ether oxygens (including phenoxy) is 1. The lowest BCUT2D eigenvalue weighted by atomic mass is 10.3. The number of halogens is 1. The van der Waals surface area contributed by atoms with Crippen molar-refractivity contribution in [1.82, 2.24) is 15.3 Å². The molecule has 1 N–H and O–H groups in total. The molecule has 112 valence electrons. The minimum absolute atomic E-state index is 0.0864. The second kappa shape index (κ2) is 8.01. The fourth-order valence-corrected chi connectivity index (χ4v) is 1.87. The predicted octanol–water partition coefficient (Wildman–Crippen LogP) is 1.20. The number of aryl methyl sites for hydroxylation is 1. The van der Waals surface area contributed by atoms with Crippen molar-refractivity contribution < 1.29 is 9.53 Å². The largest absolute Gasteiger partial charge is 0.383 e. The lowest BCUT2D eigenvalue weighted by Gasteiger charge is -2.20. The van der Waals surface area contributed by atoms with E-state index in [-0.39, 0.29) is 12.5 Å². The van der Waals surface area contributed by atoms with Crippen molar-refractivity contribution in [3.63, 3.8) is 0 Å². The molecule has 1 amide bonds. The van der Waals surface area contributed by atoms with Gasteiger partial charge in [-0.05, 0) is 6.92 Å². The third-order valence-corrected chi connectivity index (χ3v) is 3.16. The number of hydrogen-bond donors (Lipinski definition) is 1. The van der Waals surface area contributed by atoms with Crippen LogP contribution in [-0.2, 0) is 16.0 Å². The van der Waals surface area contributed by atoms with Crippen LogP contribution < -0.4 is 10.2 Å². The Morgan fingerprint density at radius 2 is 2.15 bits per heavy atom. The Morgan fingerprint density at radius 1 is 1.45 bits per heavy atom. The highest BCUT2D eigenvalue weighted by Crippen LogP contribution is 2.22. The number of carbonyl (C=O) groups excluding carboxylic acids is 1. The van der Waals surface area contributed by atoms with E-state index in [9.17, 15) is 4.79 Å². The fourth-order valence-electron chi connectivity index (χ4n) is 1.69. The van der Waals surface area contributed by atoms with Gasteiger partial charge in [-0.2, -0.15) is 0 Å². The van der Waals surface area contributed by atoms with Crippen LogP contribution in [0.15, 0.2) is 0 Å². The number of nitrogens with one attached hydrogen (secondary N) is 1. The number of likely N-dealkylation sites (N-methyl/N-ethyl adjacent to an activating group) is 1. The van der Waals surface area contributed by atoms with Crippen LogP contribution in [0.1, 0.15) is 18.3 Å². The standard InChI is InChI=1S/C13H21ClN4O2/c1-5-10-16-12(14)9(2)13(17-10)18(3)8-11(19)15-6-7-20-4/h5-8H2,1-4H3,(H,15,19). The van der Waals surface area contributed by atoms with Crippen molar-refractivity contribution in [3.05, 3.63) is 16.5 Å². The Morgan fingerprint density at radius 3 is 2.75 bits per heavy atom. The number of amides is 1. The van der Waals surface area contributed by atoms with E-state index in [1.807, 2.05) is 13.8 Å². The molecule has 0 saturated heterocycles. The minimum atomic E-state index is -0.0864. The molecular weight excluding hydrogens is 280 g/mol. The average Bonchev–Trinajstić information content (AvgIpc) is 2.41. The van der Waals surface area contributed by atoms with Gasteiger partial charge in [0.1, 0.15) is 16.8 Å². The summed E-state index contributed by atoms with van der Waals surface area (Å²) >= 11 is 6.09. The molecule has 0 radical (unpaired) electrons. The van der Waals surface area contributed by atoms with Crippen molar-refractivity contribution in [1.29, 1.82) is 0 Å². The van der Waals surface area contributed by atoms with Crippen molar-refractivity contribution in [3.8, 4) is 0 Å². The van der Waals surface area contributed by atoms with E-state index in [0.29, 0.717) is 36.4 Å². The Hall–Kier alpha value is -1.40. The van der Waals surface area contributed by atoms with Crippen LogP contribution >= 0.6 is 11.6 Å². The van der Waals surface area contributed by atoms with Gasteiger partial charge in [0.2, 0.25) is 5.91 Å². The van der Waals surface area contributed by atoms with Gasteiger partial charge in [-0.15, -0.1) is 0 Å². The normalized spacial score (nSPS) is 10.4. The summed E-state index contributed by atoms with van der Waals surface area (Å²) in [4.78, 5) is 22.1. The highest BCUT2D eigenvalue weighted by atomic mass is 35.5. The van der Waals surface area contributed by atoms with Gasteiger partial charge in [0, 0.05) is 32.7 Å². The van der Waals surface area contributed by atoms with Gasteiger partial charge in [0.25, 0.3) is 0 Å². The third kappa shape index (κ3) is 4.61. The summed E-state index contributed by atoms with van der Waals surface area (Å²) < 4.78 is 4.88. The monoisotopic (exact) mass is 300 g/mol. The predicted molar refractivity (Wildman–Crippen MR) is 79.3 cm³/mol. The first-order valence-electron chi connectivity index (χ1n) is 6.49. The number of carbonyl (C=O) groups is 1. The molecular formula is C13H21ClN4O2. The van der Waals surface area contributed by atoms with E-state index in [1.54, 1.807) is 19.1 Å². The molecule has 7 heteroatoms. The first kappa shape index (κ1) is 16.7. The summed E-state index contributed by atoms with van der Waals surface area (Å²) in [6.45, 7) is 5.00. The summed E-state index contributed by atoms with van der Waals surface area (Å²) in [7, 11) is 3.40. The number of aromatic nitrogens is 2. The average molecular weight is 301 g/mol. The lowest BCUT2D eigenvalue weighted by Crippen LogP contribution is -2.37. The van der Waals surface area contributed by atoms with Crippen LogP contribution in [0.3, 0.4) is 0 Å². The number of methoxy groups -OCH3 is 1. The highest BCUT2D eigenvalue weighted by Gasteiger charge is 2.14. The van der Waals surface area contributed by atoms with Gasteiger partial charge in [0.05, 0.1) is 13.2 Å². The van der Waals surface area contributed by atoms with E-state index >= 15 is 0 Å². The molecule has 0 bridgehead atoms. The molecule has 6 nitrogen and oxygen atoms in total. The Kier molecular flexibility index (Phi) is 6.67. The van der Waals surface area contributed by atoms with Crippen LogP contribution in [-0.4, -0.2) is 49.7 Å². The van der Waals surface area contributed by atoms with Crippen LogP contribution in [0.25, 0.3) is 0 Å².